The zero-order chi connectivity index (χ0) is 10.1. The minimum Gasteiger partial charge on any atom is -0.499 e. The Morgan fingerprint density at radius 3 is 2.86 bits per heavy atom. The van der Waals surface area contributed by atoms with Crippen molar-refractivity contribution in [1.29, 1.82) is 0 Å². The van der Waals surface area contributed by atoms with Crippen molar-refractivity contribution < 1.29 is 10.2 Å². The number of fused-ring (bicyclic) bond motifs is 1. The predicted molar refractivity (Wildman–Crippen MR) is 61.2 cm³/mol. The standard InChI is InChI=1S/C10H10O2S2/c1-13-9-7-4-2-3-6(5-11)8(7)14-10(9)12/h2-4,11-12H,5H2,1H3. The number of hydrogen-bond acceptors (Lipinski definition) is 4. The van der Waals surface area contributed by atoms with Crippen molar-refractivity contribution in [2.24, 2.45) is 0 Å². The van der Waals surface area contributed by atoms with E-state index in [2.05, 4.69) is 0 Å². The van der Waals surface area contributed by atoms with Crippen LogP contribution in [0.4, 0.5) is 0 Å². The van der Waals surface area contributed by atoms with Crippen LogP contribution >= 0.6 is 23.1 Å². The van der Waals surface area contributed by atoms with E-state index in [-0.39, 0.29) is 6.61 Å². The van der Waals surface area contributed by atoms with Gasteiger partial charge in [-0.2, -0.15) is 0 Å². The molecule has 0 aliphatic carbocycles. The average molecular weight is 226 g/mol. The summed E-state index contributed by atoms with van der Waals surface area (Å²) in [4.78, 5) is 0.903. The number of aliphatic hydroxyl groups is 1. The second kappa shape index (κ2) is 3.81. The lowest BCUT2D eigenvalue weighted by Crippen LogP contribution is -1.81. The van der Waals surface area contributed by atoms with Crippen LogP contribution in [0.2, 0.25) is 0 Å². The van der Waals surface area contributed by atoms with Gasteiger partial charge in [0.05, 0.1) is 11.5 Å². The number of aromatic hydroxyl groups is 1. The number of hydrogen-bond donors (Lipinski definition) is 2. The third-order valence-corrected chi connectivity index (χ3v) is 4.14. The third-order valence-electron chi connectivity index (χ3n) is 2.11. The SMILES string of the molecule is CSc1c(O)sc2c(CO)cccc12. The maximum atomic E-state index is 9.67. The van der Waals surface area contributed by atoms with Gasteiger partial charge in [0.25, 0.3) is 0 Å². The van der Waals surface area contributed by atoms with Crippen LogP contribution in [0.5, 0.6) is 5.06 Å². The number of thioether (sulfide) groups is 1. The smallest absolute Gasteiger partial charge is 0.186 e. The highest BCUT2D eigenvalue weighted by Crippen LogP contribution is 2.43. The van der Waals surface area contributed by atoms with E-state index in [1.54, 1.807) is 0 Å². The van der Waals surface area contributed by atoms with Crippen LogP contribution in [-0.4, -0.2) is 16.5 Å². The molecule has 1 heterocycles. The first-order chi connectivity index (χ1) is 6.77. The first kappa shape index (κ1) is 9.83. The Kier molecular flexibility index (Phi) is 2.67. The second-order valence-corrected chi connectivity index (χ2v) is 4.71. The fourth-order valence-corrected chi connectivity index (χ4v) is 3.41. The fourth-order valence-electron chi connectivity index (χ4n) is 1.46. The van der Waals surface area contributed by atoms with Gasteiger partial charge in [-0.1, -0.05) is 29.5 Å². The highest BCUT2D eigenvalue weighted by Gasteiger charge is 2.12. The zero-order valence-electron chi connectivity index (χ0n) is 7.65. The molecule has 0 atom stereocenters. The van der Waals surface area contributed by atoms with Crippen molar-refractivity contribution in [3.63, 3.8) is 0 Å². The minimum atomic E-state index is 0.0190. The molecule has 2 rings (SSSR count). The van der Waals surface area contributed by atoms with E-state index in [1.165, 1.54) is 23.1 Å². The molecule has 1 aromatic heterocycles. The first-order valence-corrected chi connectivity index (χ1v) is 6.20. The average Bonchev–Trinajstić information content (AvgIpc) is 2.52. The lowest BCUT2D eigenvalue weighted by molar-refractivity contribution is 0.283. The maximum absolute atomic E-state index is 9.67. The molecule has 2 aromatic rings. The normalized spacial score (nSPS) is 11.0. The Morgan fingerprint density at radius 1 is 1.43 bits per heavy atom. The lowest BCUT2D eigenvalue weighted by atomic mass is 10.2. The van der Waals surface area contributed by atoms with Crippen LogP contribution in [0.3, 0.4) is 0 Å². The number of benzene rings is 1. The van der Waals surface area contributed by atoms with E-state index < -0.39 is 0 Å². The van der Waals surface area contributed by atoms with Gasteiger partial charge in [-0.15, -0.1) is 11.8 Å². The second-order valence-electron chi connectivity index (χ2n) is 2.89. The molecule has 0 saturated heterocycles. The predicted octanol–water partition coefficient (Wildman–Crippen LogP) is 2.82. The van der Waals surface area contributed by atoms with Crippen molar-refractivity contribution in [3.05, 3.63) is 23.8 Å². The van der Waals surface area contributed by atoms with Crippen LogP contribution < -0.4 is 0 Å². The molecule has 0 spiro atoms. The van der Waals surface area contributed by atoms with Gasteiger partial charge in [0.2, 0.25) is 0 Å². The molecule has 0 unspecified atom stereocenters. The molecule has 2 nitrogen and oxygen atoms in total. The molecule has 0 fully saturated rings. The van der Waals surface area contributed by atoms with E-state index in [4.69, 9.17) is 5.11 Å². The highest BCUT2D eigenvalue weighted by molar-refractivity contribution is 7.99. The van der Waals surface area contributed by atoms with E-state index in [0.29, 0.717) is 5.06 Å². The topological polar surface area (TPSA) is 40.5 Å². The molecule has 0 bridgehead atoms. The number of thiophene rings is 1. The van der Waals surface area contributed by atoms with Crippen molar-refractivity contribution in [1.82, 2.24) is 0 Å². The Labute approximate surface area is 90.2 Å². The summed E-state index contributed by atoms with van der Waals surface area (Å²) in [5.41, 5.74) is 0.878. The number of rotatable bonds is 2. The lowest BCUT2D eigenvalue weighted by Gasteiger charge is -1.98. The summed E-state index contributed by atoms with van der Waals surface area (Å²) in [6, 6.07) is 5.75. The molecule has 74 valence electrons. The van der Waals surface area contributed by atoms with Crippen molar-refractivity contribution in [2.75, 3.05) is 6.26 Å². The minimum absolute atomic E-state index is 0.0190. The zero-order valence-corrected chi connectivity index (χ0v) is 9.28. The Morgan fingerprint density at radius 2 is 2.21 bits per heavy atom. The molecule has 0 aliphatic rings. The molecule has 2 N–H and O–H groups in total. The Balaban J connectivity index is 2.79. The van der Waals surface area contributed by atoms with E-state index in [1.807, 2.05) is 24.5 Å². The van der Waals surface area contributed by atoms with Crippen LogP contribution in [-0.2, 0) is 6.61 Å². The summed E-state index contributed by atoms with van der Waals surface area (Å²) in [5, 5.41) is 20.2. The first-order valence-electron chi connectivity index (χ1n) is 4.16. The van der Waals surface area contributed by atoms with E-state index in [9.17, 15) is 5.11 Å². The molecule has 0 radical (unpaired) electrons. The van der Waals surface area contributed by atoms with E-state index in [0.717, 1.165) is 20.5 Å². The largest absolute Gasteiger partial charge is 0.499 e. The molecule has 0 saturated carbocycles. The monoisotopic (exact) mass is 226 g/mol. The summed E-state index contributed by atoms with van der Waals surface area (Å²) in [6.07, 6.45) is 1.94. The summed E-state index contributed by atoms with van der Waals surface area (Å²) in [6.45, 7) is 0.0190. The van der Waals surface area contributed by atoms with Gasteiger partial charge in [0, 0.05) is 10.1 Å². The van der Waals surface area contributed by atoms with Gasteiger partial charge in [0.1, 0.15) is 0 Å². The fraction of sp³-hybridized carbons (Fsp3) is 0.200. The van der Waals surface area contributed by atoms with E-state index >= 15 is 0 Å². The molecule has 14 heavy (non-hydrogen) atoms. The van der Waals surface area contributed by atoms with Gasteiger partial charge >= 0.3 is 0 Å². The highest BCUT2D eigenvalue weighted by atomic mass is 32.2. The summed E-state index contributed by atoms with van der Waals surface area (Å²) in [7, 11) is 0. The van der Waals surface area contributed by atoms with Gasteiger partial charge in [-0.3, -0.25) is 0 Å². The van der Waals surface area contributed by atoms with Gasteiger partial charge in [0.15, 0.2) is 5.06 Å². The van der Waals surface area contributed by atoms with Gasteiger partial charge < -0.3 is 10.2 Å². The summed E-state index contributed by atoms with van der Waals surface area (Å²) < 4.78 is 0.983. The van der Waals surface area contributed by atoms with Crippen molar-refractivity contribution in [2.45, 2.75) is 11.5 Å². The molecule has 4 heteroatoms. The quantitative estimate of drug-likeness (QED) is 0.774. The molecule has 0 aliphatic heterocycles. The van der Waals surface area contributed by atoms with Crippen LogP contribution in [0.25, 0.3) is 10.1 Å². The van der Waals surface area contributed by atoms with Crippen LogP contribution in [0.15, 0.2) is 23.1 Å². The molecule has 1 aromatic carbocycles. The molecular formula is C10H10O2S2. The van der Waals surface area contributed by atoms with Crippen LogP contribution in [0.1, 0.15) is 5.56 Å². The molecular weight excluding hydrogens is 216 g/mol. The van der Waals surface area contributed by atoms with Crippen LogP contribution in [0, 0.1) is 0 Å². The summed E-state index contributed by atoms with van der Waals surface area (Å²) in [5.74, 6) is 0. The maximum Gasteiger partial charge on any atom is 0.186 e. The van der Waals surface area contributed by atoms with Gasteiger partial charge in [-0.25, -0.2) is 0 Å². The number of aliphatic hydroxyl groups excluding tert-OH is 1. The Bertz CT molecular complexity index is 462. The van der Waals surface area contributed by atoms with Gasteiger partial charge in [-0.05, 0) is 11.8 Å². The molecule has 0 amide bonds. The van der Waals surface area contributed by atoms with Crippen molar-refractivity contribution >= 4 is 33.2 Å². The third kappa shape index (κ3) is 1.39. The summed E-state index contributed by atoms with van der Waals surface area (Å²) >= 11 is 2.86. The van der Waals surface area contributed by atoms with Crippen molar-refractivity contribution in [3.8, 4) is 5.06 Å². The Hall–Kier alpha value is -0.710.